The second-order valence-corrected chi connectivity index (χ2v) is 3.30. The van der Waals surface area contributed by atoms with Gasteiger partial charge >= 0.3 is 0 Å². The Labute approximate surface area is 92.1 Å². The van der Waals surface area contributed by atoms with Gasteiger partial charge in [-0.1, -0.05) is 0 Å². The van der Waals surface area contributed by atoms with Crippen LogP contribution in [0.25, 0.3) is 0 Å². The third-order valence-corrected chi connectivity index (χ3v) is 1.99. The van der Waals surface area contributed by atoms with Crippen LogP contribution in [0.15, 0.2) is 30.7 Å². The van der Waals surface area contributed by atoms with E-state index in [0.717, 1.165) is 0 Å². The molecule has 1 amide bonds. The van der Waals surface area contributed by atoms with Crippen molar-refractivity contribution in [1.29, 1.82) is 0 Å². The molecule has 0 radical (unpaired) electrons. The van der Waals surface area contributed by atoms with Gasteiger partial charge in [0.1, 0.15) is 0 Å². The highest BCUT2D eigenvalue weighted by atomic mass is 16.2. The lowest BCUT2D eigenvalue weighted by molar-refractivity contribution is 0.102. The predicted molar refractivity (Wildman–Crippen MR) is 59.8 cm³/mol. The van der Waals surface area contributed by atoms with Crippen LogP contribution in [0.5, 0.6) is 0 Å². The molecule has 3 N–H and O–H groups in total. The molecule has 0 aromatic carbocycles. The van der Waals surface area contributed by atoms with Crippen LogP contribution in [-0.4, -0.2) is 20.7 Å². The highest BCUT2D eigenvalue weighted by Crippen LogP contribution is 2.11. The van der Waals surface area contributed by atoms with E-state index < -0.39 is 0 Å². The average Bonchev–Trinajstić information content (AvgIpc) is 2.59. The van der Waals surface area contributed by atoms with Crippen molar-refractivity contribution < 1.29 is 4.79 Å². The maximum atomic E-state index is 11.8. The second-order valence-electron chi connectivity index (χ2n) is 3.30. The molecular formula is C10H11N5O. The monoisotopic (exact) mass is 217 g/mol. The Bertz CT molecular complexity index is 505. The van der Waals surface area contributed by atoms with Gasteiger partial charge in [-0.2, -0.15) is 5.10 Å². The number of nitrogens with one attached hydrogen (secondary N) is 1. The summed E-state index contributed by atoms with van der Waals surface area (Å²) in [6.45, 7) is 0. The Morgan fingerprint density at radius 2 is 2.38 bits per heavy atom. The smallest absolute Gasteiger partial charge is 0.278 e. The lowest BCUT2D eigenvalue weighted by Gasteiger charge is -2.02. The number of aromatic nitrogens is 3. The van der Waals surface area contributed by atoms with Gasteiger partial charge in [0.2, 0.25) is 0 Å². The number of nitrogens with zero attached hydrogens (tertiary/aromatic N) is 3. The van der Waals surface area contributed by atoms with Gasteiger partial charge in [-0.3, -0.25) is 14.5 Å². The quantitative estimate of drug-likeness (QED) is 0.773. The number of aryl methyl sites for hydroxylation is 1. The molecule has 6 nitrogen and oxygen atoms in total. The molecule has 0 saturated carbocycles. The first kappa shape index (κ1) is 10.2. The predicted octanol–water partition coefficient (Wildman–Crippen LogP) is 0.650. The fraction of sp³-hybridized carbons (Fsp3) is 0.100. The van der Waals surface area contributed by atoms with E-state index in [1.165, 1.54) is 4.68 Å². The molecule has 0 fully saturated rings. The molecule has 2 heterocycles. The van der Waals surface area contributed by atoms with E-state index in [0.29, 0.717) is 11.4 Å². The van der Waals surface area contributed by atoms with Crippen LogP contribution in [0.1, 0.15) is 10.5 Å². The number of rotatable bonds is 2. The zero-order valence-corrected chi connectivity index (χ0v) is 8.71. The molecule has 6 heteroatoms. The molecule has 0 unspecified atom stereocenters. The van der Waals surface area contributed by atoms with Crippen LogP contribution < -0.4 is 11.1 Å². The number of nitrogens with two attached hydrogens (primary N) is 1. The molecule has 0 saturated heterocycles. The lowest BCUT2D eigenvalue weighted by atomic mass is 10.3. The molecule has 0 atom stereocenters. The van der Waals surface area contributed by atoms with E-state index in [1.807, 2.05) is 0 Å². The minimum Gasteiger partial charge on any atom is -0.396 e. The summed E-state index contributed by atoms with van der Waals surface area (Å²) in [7, 11) is 1.71. The Hall–Kier alpha value is -2.37. The molecule has 0 spiro atoms. The first-order valence-corrected chi connectivity index (χ1v) is 4.67. The molecule has 82 valence electrons. The maximum Gasteiger partial charge on any atom is 0.278 e. The van der Waals surface area contributed by atoms with Crippen molar-refractivity contribution in [3.8, 4) is 0 Å². The van der Waals surface area contributed by atoms with Crippen molar-refractivity contribution in [1.82, 2.24) is 14.8 Å². The third-order valence-electron chi connectivity index (χ3n) is 1.99. The molecule has 0 bridgehead atoms. The van der Waals surface area contributed by atoms with Crippen molar-refractivity contribution in [2.45, 2.75) is 0 Å². The number of carbonyl (C=O) groups is 1. The van der Waals surface area contributed by atoms with Crippen LogP contribution in [0.2, 0.25) is 0 Å². The van der Waals surface area contributed by atoms with Gasteiger partial charge < -0.3 is 11.1 Å². The van der Waals surface area contributed by atoms with E-state index in [2.05, 4.69) is 15.4 Å². The molecule has 2 aromatic rings. The first-order valence-electron chi connectivity index (χ1n) is 4.67. The fourth-order valence-electron chi connectivity index (χ4n) is 1.31. The summed E-state index contributed by atoms with van der Waals surface area (Å²) in [5.41, 5.74) is 6.81. The van der Waals surface area contributed by atoms with Gasteiger partial charge in [0, 0.05) is 19.4 Å². The SMILES string of the molecule is Cn1cc(N)c(C(=O)Nc2cccnc2)n1. The zero-order chi connectivity index (χ0) is 11.5. The summed E-state index contributed by atoms with van der Waals surface area (Å²) in [5.74, 6) is -0.342. The lowest BCUT2D eigenvalue weighted by Crippen LogP contribution is -2.14. The molecular weight excluding hydrogens is 206 g/mol. The van der Waals surface area contributed by atoms with E-state index in [4.69, 9.17) is 5.73 Å². The topological polar surface area (TPSA) is 85.8 Å². The van der Waals surface area contributed by atoms with E-state index in [9.17, 15) is 4.79 Å². The highest BCUT2D eigenvalue weighted by Gasteiger charge is 2.13. The highest BCUT2D eigenvalue weighted by molar-refractivity contribution is 6.06. The van der Waals surface area contributed by atoms with Crippen LogP contribution >= 0.6 is 0 Å². The Morgan fingerprint density at radius 1 is 1.56 bits per heavy atom. The number of hydrogen-bond donors (Lipinski definition) is 2. The summed E-state index contributed by atoms with van der Waals surface area (Å²) in [6, 6.07) is 3.47. The Kier molecular flexibility index (Phi) is 2.55. The molecule has 0 aliphatic heterocycles. The van der Waals surface area contributed by atoms with Crippen LogP contribution in [0.3, 0.4) is 0 Å². The minimum absolute atomic E-state index is 0.214. The number of hydrogen-bond acceptors (Lipinski definition) is 4. The van der Waals surface area contributed by atoms with Crippen LogP contribution in [0.4, 0.5) is 11.4 Å². The van der Waals surface area contributed by atoms with Gasteiger partial charge in [0.15, 0.2) is 5.69 Å². The molecule has 0 aliphatic rings. The second kappa shape index (κ2) is 4.01. The standard InChI is InChI=1S/C10H11N5O/c1-15-6-8(11)9(14-15)10(16)13-7-3-2-4-12-5-7/h2-6H,11H2,1H3,(H,13,16). The molecule has 0 aliphatic carbocycles. The van der Waals surface area contributed by atoms with Gasteiger partial charge in [0.05, 0.1) is 17.6 Å². The summed E-state index contributed by atoms with van der Waals surface area (Å²) in [4.78, 5) is 15.6. The number of anilines is 2. The van der Waals surface area contributed by atoms with Gasteiger partial charge in [-0.05, 0) is 12.1 Å². The van der Waals surface area contributed by atoms with Crippen molar-refractivity contribution in [2.75, 3.05) is 11.1 Å². The van der Waals surface area contributed by atoms with Crippen LogP contribution in [-0.2, 0) is 7.05 Å². The summed E-state index contributed by atoms with van der Waals surface area (Å²) in [5, 5.41) is 6.62. The van der Waals surface area contributed by atoms with Crippen molar-refractivity contribution >= 4 is 17.3 Å². The number of pyridine rings is 1. The van der Waals surface area contributed by atoms with Crippen LogP contribution in [0, 0.1) is 0 Å². The van der Waals surface area contributed by atoms with Crippen molar-refractivity contribution in [3.63, 3.8) is 0 Å². The van der Waals surface area contributed by atoms with E-state index in [1.54, 1.807) is 37.8 Å². The average molecular weight is 217 g/mol. The first-order chi connectivity index (χ1) is 7.66. The van der Waals surface area contributed by atoms with Crippen molar-refractivity contribution in [3.05, 3.63) is 36.4 Å². The fourth-order valence-corrected chi connectivity index (χ4v) is 1.31. The Balaban J connectivity index is 2.18. The number of carbonyl (C=O) groups excluding carboxylic acids is 1. The van der Waals surface area contributed by atoms with E-state index in [-0.39, 0.29) is 11.6 Å². The zero-order valence-electron chi connectivity index (χ0n) is 8.71. The summed E-state index contributed by atoms with van der Waals surface area (Å²) in [6.07, 6.45) is 4.76. The van der Waals surface area contributed by atoms with Crippen molar-refractivity contribution in [2.24, 2.45) is 7.05 Å². The molecule has 16 heavy (non-hydrogen) atoms. The third kappa shape index (κ3) is 2.00. The molecule has 2 rings (SSSR count). The number of nitrogen functional groups attached to an aromatic ring is 1. The Morgan fingerprint density at radius 3 is 2.94 bits per heavy atom. The van der Waals surface area contributed by atoms with Gasteiger partial charge in [-0.15, -0.1) is 0 Å². The molecule has 2 aromatic heterocycles. The minimum atomic E-state index is -0.342. The van der Waals surface area contributed by atoms with Gasteiger partial charge in [0.25, 0.3) is 5.91 Å². The maximum absolute atomic E-state index is 11.8. The van der Waals surface area contributed by atoms with Gasteiger partial charge in [-0.25, -0.2) is 0 Å². The van der Waals surface area contributed by atoms with E-state index >= 15 is 0 Å². The summed E-state index contributed by atoms with van der Waals surface area (Å²) >= 11 is 0. The normalized spacial score (nSPS) is 10.1. The summed E-state index contributed by atoms with van der Waals surface area (Å²) < 4.78 is 1.49. The largest absolute Gasteiger partial charge is 0.396 e. The number of amides is 1.